The second-order valence-corrected chi connectivity index (χ2v) is 5.51. The van der Waals surface area contributed by atoms with Gasteiger partial charge in [0.1, 0.15) is 10.4 Å². The van der Waals surface area contributed by atoms with Gasteiger partial charge in [-0.2, -0.15) is 0 Å². The van der Waals surface area contributed by atoms with Gasteiger partial charge >= 0.3 is 0 Å². The van der Waals surface area contributed by atoms with Crippen molar-refractivity contribution in [3.8, 4) is 0 Å². The Labute approximate surface area is 126 Å². The third-order valence-corrected chi connectivity index (χ3v) is 3.57. The summed E-state index contributed by atoms with van der Waals surface area (Å²) in [5.41, 5.74) is 1.68. The predicted molar refractivity (Wildman–Crippen MR) is 78.7 cm³/mol. The fraction of sp³-hybridized carbons (Fsp3) is 0.0769. The van der Waals surface area contributed by atoms with E-state index < -0.39 is 5.82 Å². The zero-order valence-electron chi connectivity index (χ0n) is 9.88. The molecule has 1 aromatic heterocycles. The minimum Gasteiger partial charge on any atom is -0.320 e. The summed E-state index contributed by atoms with van der Waals surface area (Å²) in [6.45, 7) is 1.79. The number of hydrogen-bond acceptors (Lipinski definition) is 2. The van der Waals surface area contributed by atoms with Gasteiger partial charge in [-0.3, -0.25) is 4.79 Å². The fourth-order valence-electron chi connectivity index (χ4n) is 1.53. The zero-order chi connectivity index (χ0) is 14.0. The Bertz CT molecular complexity index is 647. The minimum absolute atomic E-state index is 0.320. The lowest BCUT2D eigenvalue weighted by atomic mass is 10.2. The Morgan fingerprint density at radius 3 is 2.63 bits per heavy atom. The molecule has 0 fully saturated rings. The maximum atomic E-state index is 13.0. The lowest BCUT2D eigenvalue weighted by Crippen LogP contribution is -2.14. The molecule has 0 aliphatic heterocycles. The van der Waals surface area contributed by atoms with Crippen LogP contribution in [0.5, 0.6) is 0 Å². The Hall–Kier alpha value is -1.27. The number of aryl methyl sites for hydroxylation is 1. The first-order valence-corrected chi connectivity index (χ1v) is 6.95. The van der Waals surface area contributed by atoms with Crippen LogP contribution in [0.3, 0.4) is 0 Å². The molecule has 1 heterocycles. The number of carbonyl (C=O) groups excluding carboxylic acids is 1. The van der Waals surface area contributed by atoms with Gasteiger partial charge < -0.3 is 5.32 Å². The molecule has 0 radical (unpaired) electrons. The van der Waals surface area contributed by atoms with Crippen molar-refractivity contribution < 1.29 is 9.18 Å². The summed E-state index contributed by atoms with van der Waals surface area (Å²) in [7, 11) is 0. The highest BCUT2D eigenvalue weighted by Gasteiger charge is 2.12. The molecule has 1 N–H and O–H groups in total. The van der Waals surface area contributed by atoms with E-state index in [4.69, 9.17) is 0 Å². The first-order chi connectivity index (χ1) is 8.97. The zero-order valence-corrected chi connectivity index (χ0v) is 13.0. The number of rotatable bonds is 2. The van der Waals surface area contributed by atoms with Crippen LogP contribution in [0.1, 0.15) is 16.1 Å². The van der Waals surface area contributed by atoms with Gasteiger partial charge in [0.15, 0.2) is 0 Å². The van der Waals surface area contributed by atoms with E-state index in [1.165, 1.54) is 18.2 Å². The molecule has 0 spiro atoms. The van der Waals surface area contributed by atoms with E-state index in [0.29, 0.717) is 26.0 Å². The molecular weight excluding hydrogens is 379 g/mol. The van der Waals surface area contributed by atoms with Crippen LogP contribution in [0, 0.1) is 12.7 Å². The van der Waals surface area contributed by atoms with Gasteiger partial charge in [-0.05, 0) is 69.1 Å². The van der Waals surface area contributed by atoms with Crippen LogP contribution >= 0.6 is 31.9 Å². The predicted octanol–water partition coefficient (Wildman–Crippen LogP) is 4.31. The minimum atomic E-state index is -0.398. The Kier molecular flexibility index (Phi) is 4.31. The number of amides is 1. The quantitative estimate of drug-likeness (QED) is 0.780. The van der Waals surface area contributed by atoms with Crippen molar-refractivity contribution in [1.82, 2.24) is 4.98 Å². The second kappa shape index (κ2) is 5.79. The van der Waals surface area contributed by atoms with E-state index in [2.05, 4.69) is 42.2 Å². The summed E-state index contributed by atoms with van der Waals surface area (Å²) in [4.78, 5) is 16.3. The third kappa shape index (κ3) is 3.39. The van der Waals surface area contributed by atoms with Crippen molar-refractivity contribution in [2.75, 3.05) is 5.32 Å². The highest BCUT2D eigenvalue weighted by molar-refractivity contribution is 9.10. The highest BCUT2D eigenvalue weighted by Crippen LogP contribution is 2.21. The Morgan fingerprint density at radius 2 is 2.00 bits per heavy atom. The molecule has 0 bridgehead atoms. The molecule has 1 aromatic carbocycles. The topological polar surface area (TPSA) is 42.0 Å². The van der Waals surface area contributed by atoms with E-state index >= 15 is 0 Å². The number of halogens is 3. The van der Waals surface area contributed by atoms with Crippen molar-refractivity contribution in [3.05, 3.63) is 56.5 Å². The average molecular weight is 388 g/mol. The van der Waals surface area contributed by atoms with E-state index in [1.807, 2.05) is 0 Å². The molecule has 2 rings (SSSR count). The summed E-state index contributed by atoms with van der Waals surface area (Å²) in [6.07, 6.45) is 0. The molecule has 2 aromatic rings. The molecule has 0 aliphatic rings. The lowest BCUT2D eigenvalue weighted by molar-refractivity contribution is 0.102. The average Bonchev–Trinajstić information content (AvgIpc) is 2.32. The summed E-state index contributed by atoms with van der Waals surface area (Å²) in [5, 5.41) is 2.74. The van der Waals surface area contributed by atoms with Crippen LogP contribution < -0.4 is 5.32 Å². The summed E-state index contributed by atoms with van der Waals surface area (Å²) in [5.74, 6) is -0.719. The van der Waals surface area contributed by atoms with Gasteiger partial charge in [0.2, 0.25) is 0 Å². The SMILES string of the molecule is Cc1nc(Br)ccc1NC(=O)c1ccc(F)cc1Br. The van der Waals surface area contributed by atoms with Crippen LogP contribution in [0.2, 0.25) is 0 Å². The molecule has 1 amide bonds. The Morgan fingerprint density at radius 1 is 1.26 bits per heavy atom. The van der Waals surface area contributed by atoms with Gasteiger partial charge in [-0.1, -0.05) is 0 Å². The third-order valence-electron chi connectivity index (χ3n) is 2.48. The van der Waals surface area contributed by atoms with Crippen molar-refractivity contribution in [2.45, 2.75) is 6.92 Å². The first-order valence-electron chi connectivity index (χ1n) is 5.37. The van der Waals surface area contributed by atoms with Crippen molar-refractivity contribution in [2.24, 2.45) is 0 Å². The van der Waals surface area contributed by atoms with E-state index in [9.17, 15) is 9.18 Å². The van der Waals surface area contributed by atoms with Crippen molar-refractivity contribution >= 4 is 43.5 Å². The van der Waals surface area contributed by atoms with E-state index in [0.717, 1.165) is 0 Å². The summed E-state index contributed by atoms with van der Waals surface area (Å²) < 4.78 is 14.1. The van der Waals surface area contributed by atoms with Crippen molar-refractivity contribution in [1.29, 1.82) is 0 Å². The molecule has 0 aliphatic carbocycles. The molecule has 0 unspecified atom stereocenters. The normalized spacial score (nSPS) is 10.3. The van der Waals surface area contributed by atoms with E-state index in [1.54, 1.807) is 19.1 Å². The number of carbonyl (C=O) groups is 1. The molecule has 0 saturated carbocycles. The number of anilines is 1. The molecular formula is C13H9Br2FN2O. The first kappa shape index (κ1) is 14.1. The number of aromatic nitrogens is 1. The van der Waals surface area contributed by atoms with Crippen LogP contribution in [-0.4, -0.2) is 10.9 Å². The molecule has 6 heteroatoms. The smallest absolute Gasteiger partial charge is 0.256 e. The second-order valence-electron chi connectivity index (χ2n) is 3.85. The molecule has 0 saturated heterocycles. The van der Waals surface area contributed by atoms with Gasteiger partial charge in [-0.25, -0.2) is 9.37 Å². The lowest BCUT2D eigenvalue weighted by Gasteiger charge is -2.09. The molecule has 98 valence electrons. The number of hydrogen-bond donors (Lipinski definition) is 1. The molecule has 0 atom stereocenters. The van der Waals surface area contributed by atoms with Gasteiger partial charge in [0.05, 0.1) is 16.9 Å². The number of nitrogens with zero attached hydrogens (tertiary/aromatic N) is 1. The standard InChI is InChI=1S/C13H9Br2FN2O/c1-7-11(4-5-12(15)17-7)18-13(19)9-3-2-8(16)6-10(9)14/h2-6H,1H3,(H,18,19). The van der Waals surface area contributed by atoms with Crippen molar-refractivity contribution in [3.63, 3.8) is 0 Å². The summed E-state index contributed by atoms with van der Waals surface area (Å²) in [6, 6.07) is 7.41. The van der Waals surface area contributed by atoms with Crippen LogP contribution in [0.25, 0.3) is 0 Å². The van der Waals surface area contributed by atoms with Gasteiger partial charge in [0, 0.05) is 4.47 Å². The monoisotopic (exact) mass is 386 g/mol. The van der Waals surface area contributed by atoms with Crippen LogP contribution in [-0.2, 0) is 0 Å². The van der Waals surface area contributed by atoms with Gasteiger partial charge in [0.25, 0.3) is 5.91 Å². The van der Waals surface area contributed by atoms with Crippen LogP contribution in [0.4, 0.5) is 10.1 Å². The maximum Gasteiger partial charge on any atom is 0.256 e. The summed E-state index contributed by atoms with van der Waals surface area (Å²) >= 11 is 6.42. The largest absolute Gasteiger partial charge is 0.320 e. The number of pyridine rings is 1. The Balaban J connectivity index is 2.25. The highest BCUT2D eigenvalue weighted by atomic mass is 79.9. The van der Waals surface area contributed by atoms with E-state index in [-0.39, 0.29) is 5.91 Å². The van der Waals surface area contributed by atoms with Crippen LogP contribution in [0.15, 0.2) is 39.4 Å². The maximum absolute atomic E-state index is 13.0. The fourth-order valence-corrected chi connectivity index (χ4v) is 2.45. The van der Waals surface area contributed by atoms with Gasteiger partial charge in [-0.15, -0.1) is 0 Å². The molecule has 19 heavy (non-hydrogen) atoms. The molecule has 3 nitrogen and oxygen atoms in total. The number of nitrogens with one attached hydrogen (secondary N) is 1. The number of benzene rings is 1.